The van der Waals surface area contributed by atoms with Crippen LogP contribution in [-0.4, -0.2) is 42.1 Å². The minimum atomic E-state index is -0.950. The molecule has 0 saturated heterocycles. The molecule has 0 aliphatic carbocycles. The van der Waals surface area contributed by atoms with Crippen molar-refractivity contribution in [3.05, 3.63) is 24.3 Å². The lowest BCUT2D eigenvalue weighted by molar-refractivity contribution is -0.146. The highest BCUT2D eigenvalue weighted by Gasteiger charge is 2.21. The first kappa shape index (κ1) is 17.3. The van der Waals surface area contributed by atoms with Gasteiger partial charge in [0.15, 0.2) is 0 Å². The van der Waals surface area contributed by atoms with Gasteiger partial charge in [-0.3, -0.25) is 24.1 Å². The predicted octanol–water partition coefficient (Wildman–Crippen LogP) is -0.0827. The molecule has 0 unspecified atom stereocenters. The Kier molecular flexibility index (Phi) is 6.71. The van der Waals surface area contributed by atoms with Crippen LogP contribution in [0.15, 0.2) is 24.3 Å². The van der Waals surface area contributed by atoms with Gasteiger partial charge in [0.1, 0.15) is 0 Å². The highest BCUT2D eigenvalue weighted by atomic mass is 16.2. The minimum Gasteiger partial charge on any atom is -0.330 e. The van der Waals surface area contributed by atoms with Gasteiger partial charge >= 0.3 is 11.8 Å². The molecule has 1 rings (SSSR count). The number of hydrogen-bond donors (Lipinski definition) is 3. The van der Waals surface area contributed by atoms with Crippen molar-refractivity contribution >= 4 is 35.5 Å². The van der Waals surface area contributed by atoms with Gasteiger partial charge in [-0.2, -0.15) is 0 Å². The van der Waals surface area contributed by atoms with Gasteiger partial charge in [0.05, 0.1) is 0 Å². The summed E-state index contributed by atoms with van der Waals surface area (Å²) >= 11 is 0. The standard InChI is InChI=1S/C14H18N4O4/c1-10(20)16-11-3-5-12(6-4-11)17-13(21)14(22)18(9-19)8-2-7-15/h3-6,9H,2,7-8,15H2,1H3,(H,16,20)(H,17,21). The maximum absolute atomic E-state index is 11.8. The summed E-state index contributed by atoms with van der Waals surface area (Å²) in [7, 11) is 0. The lowest BCUT2D eigenvalue weighted by Crippen LogP contribution is -2.39. The molecule has 0 aromatic heterocycles. The molecule has 0 radical (unpaired) electrons. The van der Waals surface area contributed by atoms with E-state index >= 15 is 0 Å². The number of nitrogens with zero attached hydrogens (tertiary/aromatic N) is 1. The third-order valence-electron chi connectivity index (χ3n) is 2.65. The van der Waals surface area contributed by atoms with Gasteiger partial charge in [-0.05, 0) is 37.2 Å². The maximum atomic E-state index is 11.8. The van der Waals surface area contributed by atoms with E-state index in [0.717, 1.165) is 4.90 Å². The molecule has 4 N–H and O–H groups in total. The molecule has 22 heavy (non-hydrogen) atoms. The molecule has 0 spiro atoms. The number of imide groups is 1. The zero-order valence-electron chi connectivity index (χ0n) is 12.2. The Morgan fingerprint density at radius 2 is 1.68 bits per heavy atom. The molecule has 1 aromatic rings. The van der Waals surface area contributed by atoms with Crippen LogP contribution in [0.3, 0.4) is 0 Å². The van der Waals surface area contributed by atoms with Crippen molar-refractivity contribution in [2.45, 2.75) is 13.3 Å². The van der Waals surface area contributed by atoms with Gasteiger partial charge in [0.2, 0.25) is 12.3 Å². The van der Waals surface area contributed by atoms with Crippen LogP contribution in [0.25, 0.3) is 0 Å². The summed E-state index contributed by atoms with van der Waals surface area (Å²) in [5.41, 5.74) is 6.23. The molecule has 0 saturated carbocycles. The third kappa shape index (κ3) is 5.33. The summed E-state index contributed by atoms with van der Waals surface area (Å²) in [6.45, 7) is 1.78. The number of carbonyl (C=O) groups excluding carboxylic acids is 4. The Morgan fingerprint density at radius 1 is 1.14 bits per heavy atom. The van der Waals surface area contributed by atoms with Gasteiger partial charge in [0, 0.05) is 24.8 Å². The number of amides is 4. The summed E-state index contributed by atoms with van der Waals surface area (Å²) in [5.74, 6) is -2.08. The average molecular weight is 306 g/mol. The second-order valence-corrected chi connectivity index (χ2v) is 4.46. The fourth-order valence-corrected chi connectivity index (χ4v) is 1.62. The van der Waals surface area contributed by atoms with Crippen LogP contribution in [0.2, 0.25) is 0 Å². The quantitative estimate of drug-likeness (QED) is 0.501. The van der Waals surface area contributed by atoms with Gasteiger partial charge in [-0.1, -0.05) is 0 Å². The van der Waals surface area contributed by atoms with E-state index in [1.807, 2.05) is 0 Å². The summed E-state index contributed by atoms with van der Waals surface area (Å²) < 4.78 is 0. The van der Waals surface area contributed by atoms with E-state index in [2.05, 4.69) is 10.6 Å². The molecule has 0 aliphatic heterocycles. The van der Waals surface area contributed by atoms with Crippen LogP contribution in [0.4, 0.5) is 11.4 Å². The fraction of sp³-hybridized carbons (Fsp3) is 0.286. The monoisotopic (exact) mass is 306 g/mol. The minimum absolute atomic E-state index is 0.0910. The van der Waals surface area contributed by atoms with Crippen molar-refractivity contribution in [2.24, 2.45) is 5.73 Å². The van der Waals surface area contributed by atoms with E-state index in [0.29, 0.717) is 30.8 Å². The van der Waals surface area contributed by atoms with Crippen molar-refractivity contribution in [2.75, 3.05) is 23.7 Å². The van der Waals surface area contributed by atoms with Crippen LogP contribution >= 0.6 is 0 Å². The van der Waals surface area contributed by atoms with E-state index in [-0.39, 0.29) is 12.5 Å². The first-order valence-electron chi connectivity index (χ1n) is 6.63. The summed E-state index contributed by atoms with van der Waals surface area (Å²) in [4.78, 5) is 46.0. The second-order valence-electron chi connectivity index (χ2n) is 4.46. The van der Waals surface area contributed by atoms with Crippen LogP contribution in [0.1, 0.15) is 13.3 Å². The molecule has 0 bridgehead atoms. The van der Waals surface area contributed by atoms with E-state index in [9.17, 15) is 19.2 Å². The van der Waals surface area contributed by atoms with Crippen LogP contribution in [-0.2, 0) is 19.2 Å². The molecular weight excluding hydrogens is 288 g/mol. The zero-order chi connectivity index (χ0) is 16.5. The SMILES string of the molecule is CC(=O)Nc1ccc(NC(=O)C(=O)N(C=O)CCCN)cc1. The number of benzene rings is 1. The largest absolute Gasteiger partial charge is 0.330 e. The average Bonchev–Trinajstić information content (AvgIpc) is 2.49. The number of rotatable bonds is 6. The molecule has 8 nitrogen and oxygen atoms in total. The first-order chi connectivity index (χ1) is 10.5. The zero-order valence-corrected chi connectivity index (χ0v) is 12.2. The molecular formula is C14H18N4O4. The van der Waals surface area contributed by atoms with E-state index < -0.39 is 11.8 Å². The molecule has 0 fully saturated rings. The Labute approximate surface area is 127 Å². The molecule has 4 amide bonds. The van der Waals surface area contributed by atoms with E-state index in [1.165, 1.54) is 19.1 Å². The highest BCUT2D eigenvalue weighted by molar-refractivity contribution is 6.41. The third-order valence-corrected chi connectivity index (χ3v) is 2.65. The van der Waals surface area contributed by atoms with Crippen molar-refractivity contribution in [3.8, 4) is 0 Å². The normalized spacial score (nSPS) is 9.73. The Bertz CT molecular complexity index is 556. The van der Waals surface area contributed by atoms with Gasteiger partial charge < -0.3 is 16.4 Å². The smallest absolute Gasteiger partial charge is 0.318 e. The van der Waals surface area contributed by atoms with Crippen LogP contribution < -0.4 is 16.4 Å². The molecule has 0 atom stereocenters. The van der Waals surface area contributed by atoms with Gasteiger partial charge in [0.25, 0.3) is 0 Å². The first-order valence-corrected chi connectivity index (χ1v) is 6.63. The number of hydrogen-bond acceptors (Lipinski definition) is 5. The van der Waals surface area contributed by atoms with Crippen LogP contribution in [0, 0.1) is 0 Å². The number of nitrogens with one attached hydrogen (secondary N) is 2. The Morgan fingerprint density at radius 3 is 2.14 bits per heavy atom. The van der Waals surface area contributed by atoms with Crippen molar-refractivity contribution in [1.82, 2.24) is 4.90 Å². The van der Waals surface area contributed by atoms with E-state index in [4.69, 9.17) is 5.73 Å². The van der Waals surface area contributed by atoms with Gasteiger partial charge in [-0.15, -0.1) is 0 Å². The van der Waals surface area contributed by atoms with Crippen LogP contribution in [0.5, 0.6) is 0 Å². The van der Waals surface area contributed by atoms with Gasteiger partial charge in [-0.25, -0.2) is 0 Å². The summed E-state index contributed by atoms with van der Waals surface area (Å²) in [6.07, 6.45) is 0.723. The fourth-order valence-electron chi connectivity index (χ4n) is 1.62. The number of nitrogens with two attached hydrogens (primary N) is 1. The number of anilines is 2. The molecule has 0 aliphatic rings. The van der Waals surface area contributed by atoms with Crippen molar-refractivity contribution in [3.63, 3.8) is 0 Å². The summed E-state index contributed by atoms with van der Waals surface area (Å²) in [6, 6.07) is 6.21. The number of carbonyl (C=O) groups is 4. The second kappa shape index (κ2) is 8.53. The topological polar surface area (TPSA) is 122 Å². The Balaban J connectivity index is 2.65. The lowest BCUT2D eigenvalue weighted by Gasteiger charge is -2.14. The molecule has 0 heterocycles. The molecule has 1 aromatic carbocycles. The predicted molar refractivity (Wildman–Crippen MR) is 80.8 cm³/mol. The maximum Gasteiger partial charge on any atom is 0.318 e. The Hall–Kier alpha value is -2.74. The lowest BCUT2D eigenvalue weighted by atomic mass is 10.2. The van der Waals surface area contributed by atoms with Crippen molar-refractivity contribution in [1.29, 1.82) is 0 Å². The molecule has 118 valence electrons. The van der Waals surface area contributed by atoms with Crippen molar-refractivity contribution < 1.29 is 19.2 Å². The summed E-state index contributed by atoms with van der Waals surface area (Å²) in [5, 5.41) is 4.95. The molecule has 8 heteroatoms. The highest BCUT2D eigenvalue weighted by Crippen LogP contribution is 2.13. The van der Waals surface area contributed by atoms with E-state index in [1.54, 1.807) is 12.1 Å².